The molecule has 78 valence electrons. The van der Waals surface area contributed by atoms with Crippen LogP contribution in [0.3, 0.4) is 0 Å². The van der Waals surface area contributed by atoms with Crippen molar-refractivity contribution < 1.29 is 14.0 Å². The van der Waals surface area contributed by atoms with E-state index >= 15 is 0 Å². The van der Waals surface area contributed by atoms with Crippen LogP contribution in [-0.2, 0) is 9.09 Å². The minimum atomic E-state index is -2.46. The van der Waals surface area contributed by atoms with E-state index in [4.69, 9.17) is 9.42 Å². The highest BCUT2D eigenvalue weighted by Crippen LogP contribution is 2.35. The third-order valence-electron chi connectivity index (χ3n) is 1.57. The van der Waals surface area contributed by atoms with Gasteiger partial charge >= 0.3 is 8.25 Å². The molecule has 1 unspecified atom stereocenters. The summed E-state index contributed by atoms with van der Waals surface area (Å²) in [5, 5.41) is 0. The lowest BCUT2D eigenvalue weighted by Crippen LogP contribution is -2.24. The molecule has 0 radical (unpaired) electrons. The fourth-order valence-electron chi connectivity index (χ4n) is 1.72. The molecule has 4 heteroatoms. The summed E-state index contributed by atoms with van der Waals surface area (Å²) >= 11 is 0. The van der Waals surface area contributed by atoms with E-state index in [1.165, 1.54) is 0 Å². The van der Waals surface area contributed by atoms with Crippen LogP contribution in [0, 0.1) is 10.8 Å². The molecule has 0 bridgehead atoms. The van der Waals surface area contributed by atoms with Crippen molar-refractivity contribution in [2.45, 2.75) is 41.0 Å². The van der Waals surface area contributed by atoms with E-state index in [2.05, 4.69) is 20.8 Å². The molecule has 0 saturated carbocycles. The zero-order valence-electron chi connectivity index (χ0n) is 9.13. The Labute approximate surface area is 81.4 Å². The molecule has 0 aromatic heterocycles. The van der Waals surface area contributed by atoms with E-state index < -0.39 is 8.25 Å². The lowest BCUT2D eigenvalue weighted by atomic mass is 9.77. The minimum absolute atomic E-state index is 0.0496. The van der Waals surface area contributed by atoms with Gasteiger partial charge in [-0.1, -0.05) is 34.6 Å². The summed E-state index contributed by atoms with van der Waals surface area (Å²) in [4.78, 5) is 8.50. The normalized spacial score (nSPS) is 14.5. The molecule has 0 aliphatic carbocycles. The minimum Gasteiger partial charge on any atom is -0.133 e. The Bertz CT molecular complexity index is 182. The van der Waals surface area contributed by atoms with Crippen molar-refractivity contribution in [2.24, 2.45) is 10.8 Å². The van der Waals surface area contributed by atoms with Gasteiger partial charge in [0, 0.05) is 4.57 Å². The number of rotatable bonds is 4. The van der Waals surface area contributed by atoms with Gasteiger partial charge in [0.25, 0.3) is 0 Å². The topological polar surface area (TPSA) is 46.5 Å². The first-order valence-corrected chi connectivity index (χ1v) is 5.54. The van der Waals surface area contributed by atoms with Gasteiger partial charge < -0.3 is 0 Å². The average Bonchev–Trinajstić information content (AvgIpc) is 1.78. The van der Waals surface area contributed by atoms with E-state index in [9.17, 15) is 4.57 Å². The second-order valence-electron chi connectivity index (χ2n) is 5.41. The standard InChI is InChI=1S/C9H19O3P/c1-8(2,3)6-9(4,5)7-12-13(10)11/h6-7H2,1-5H3/p+1. The monoisotopic (exact) mass is 207 g/mol. The third kappa shape index (κ3) is 8.35. The molecule has 0 aliphatic heterocycles. The lowest BCUT2D eigenvalue weighted by molar-refractivity contribution is 0.121. The van der Waals surface area contributed by atoms with Crippen molar-refractivity contribution in [2.75, 3.05) is 6.61 Å². The Morgan fingerprint density at radius 3 is 2.00 bits per heavy atom. The van der Waals surface area contributed by atoms with Crippen LogP contribution in [0.2, 0.25) is 0 Å². The first-order valence-electron chi connectivity index (χ1n) is 4.41. The Hall–Kier alpha value is 0.0200. The summed E-state index contributed by atoms with van der Waals surface area (Å²) in [6.45, 7) is 10.8. The highest BCUT2D eigenvalue weighted by molar-refractivity contribution is 7.32. The smallest absolute Gasteiger partial charge is 0.133 e. The van der Waals surface area contributed by atoms with Crippen LogP contribution >= 0.6 is 8.25 Å². The van der Waals surface area contributed by atoms with E-state index in [0.29, 0.717) is 6.61 Å². The third-order valence-corrected chi connectivity index (χ3v) is 1.92. The van der Waals surface area contributed by atoms with Crippen LogP contribution in [-0.4, -0.2) is 11.5 Å². The van der Waals surface area contributed by atoms with Crippen LogP contribution in [0.5, 0.6) is 0 Å². The average molecular weight is 207 g/mol. The molecule has 0 aromatic carbocycles. The van der Waals surface area contributed by atoms with E-state index in [1.807, 2.05) is 13.8 Å². The maximum absolute atomic E-state index is 10.3. The van der Waals surface area contributed by atoms with Crippen LogP contribution in [0.1, 0.15) is 41.0 Å². The lowest BCUT2D eigenvalue weighted by Gasteiger charge is -2.30. The highest BCUT2D eigenvalue weighted by atomic mass is 31.1. The molecular formula is C9H20O3P+. The van der Waals surface area contributed by atoms with Crippen molar-refractivity contribution in [3.63, 3.8) is 0 Å². The van der Waals surface area contributed by atoms with Crippen molar-refractivity contribution in [1.29, 1.82) is 0 Å². The zero-order chi connectivity index (χ0) is 10.7. The largest absolute Gasteiger partial charge is 0.694 e. The second kappa shape index (κ2) is 4.50. The molecule has 0 aliphatic rings. The van der Waals surface area contributed by atoms with Gasteiger partial charge in [0.05, 0.1) is 0 Å². The predicted molar refractivity (Wildman–Crippen MR) is 53.6 cm³/mol. The van der Waals surface area contributed by atoms with Gasteiger partial charge in [-0.3, -0.25) is 0 Å². The first-order chi connectivity index (χ1) is 5.62. The fourth-order valence-corrected chi connectivity index (χ4v) is 2.18. The Morgan fingerprint density at radius 1 is 1.23 bits per heavy atom. The van der Waals surface area contributed by atoms with Crippen LogP contribution < -0.4 is 0 Å². The van der Waals surface area contributed by atoms with Crippen LogP contribution in [0.15, 0.2) is 0 Å². The first kappa shape index (κ1) is 13.0. The van der Waals surface area contributed by atoms with Crippen molar-refractivity contribution in [1.82, 2.24) is 0 Å². The molecule has 0 amide bonds. The molecule has 0 rings (SSSR count). The van der Waals surface area contributed by atoms with E-state index in [0.717, 1.165) is 6.42 Å². The van der Waals surface area contributed by atoms with Gasteiger partial charge in [-0.05, 0) is 17.3 Å². The SMILES string of the molecule is CC(C)(C)CC(C)(C)CO[P+](=O)O. The molecule has 0 aromatic rings. The molecule has 0 saturated heterocycles. The van der Waals surface area contributed by atoms with Crippen molar-refractivity contribution >= 4 is 8.25 Å². The van der Waals surface area contributed by atoms with E-state index in [1.54, 1.807) is 0 Å². The summed E-state index contributed by atoms with van der Waals surface area (Å²) in [5.41, 5.74) is 0.167. The van der Waals surface area contributed by atoms with Gasteiger partial charge in [0.1, 0.15) is 6.61 Å². The molecule has 1 N–H and O–H groups in total. The molecule has 3 nitrogen and oxygen atoms in total. The summed E-state index contributed by atoms with van der Waals surface area (Å²) in [5.74, 6) is 0. The summed E-state index contributed by atoms with van der Waals surface area (Å²) < 4.78 is 15.1. The molecular weight excluding hydrogens is 187 g/mol. The van der Waals surface area contributed by atoms with Crippen LogP contribution in [0.25, 0.3) is 0 Å². The van der Waals surface area contributed by atoms with Gasteiger partial charge in [-0.15, -0.1) is 9.42 Å². The van der Waals surface area contributed by atoms with Gasteiger partial charge in [-0.2, -0.15) is 0 Å². The zero-order valence-corrected chi connectivity index (χ0v) is 10.0. The van der Waals surface area contributed by atoms with Gasteiger partial charge in [0.2, 0.25) is 0 Å². The molecule has 0 fully saturated rings. The Kier molecular flexibility index (Phi) is 4.50. The predicted octanol–water partition coefficient (Wildman–Crippen LogP) is 3.12. The Morgan fingerprint density at radius 2 is 1.69 bits per heavy atom. The van der Waals surface area contributed by atoms with Crippen molar-refractivity contribution in [3.05, 3.63) is 0 Å². The fraction of sp³-hybridized carbons (Fsp3) is 1.00. The molecule has 1 atom stereocenters. The molecule has 0 spiro atoms. The maximum Gasteiger partial charge on any atom is 0.694 e. The number of hydrogen-bond acceptors (Lipinski definition) is 2. The van der Waals surface area contributed by atoms with Gasteiger partial charge in [0.15, 0.2) is 0 Å². The Balaban J connectivity index is 4.01. The van der Waals surface area contributed by atoms with Crippen molar-refractivity contribution in [3.8, 4) is 0 Å². The summed E-state index contributed by atoms with van der Waals surface area (Å²) in [6.07, 6.45) is 0.961. The number of hydrogen-bond donors (Lipinski definition) is 1. The summed E-state index contributed by atoms with van der Waals surface area (Å²) in [6, 6.07) is 0. The molecule has 0 heterocycles. The van der Waals surface area contributed by atoms with E-state index in [-0.39, 0.29) is 10.8 Å². The molecule has 13 heavy (non-hydrogen) atoms. The van der Waals surface area contributed by atoms with Crippen LogP contribution in [0.4, 0.5) is 0 Å². The second-order valence-corrected chi connectivity index (χ2v) is 6.15. The highest BCUT2D eigenvalue weighted by Gasteiger charge is 2.29. The maximum atomic E-state index is 10.3. The summed E-state index contributed by atoms with van der Waals surface area (Å²) in [7, 11) is -2.46. The quantitative estimate of drug-likeness (QED) is 0.720. The van der Waals surface area contributed by atoms with Gasteiger partial charge in [-0.25, -0.2) is 0 Å².